The molecular formula is C18H20O4. The van der Waals surface area contributed by atoms with Gasteiger partial charge in [0, 0.05) is 12.0 Å². The third kappa shape index (κ3) is 4.33. The minimum absolute atomic E-state index is 0.0779. The largest absolute Gasteiger partial charge is 0.488 e. The van der Waals surface area contributed by atoms with Crippen molar-refractivity contribution in [3.05, 3.63) is 64.7 Å². The molecule has 2 aromatic carbocycles. The second kappa shape index (κ2) is 7.61. The predicted molar refractivity (Wildman–Crippen MR) is 83.8 cm³/mol. The van der Waals surface area contributed by atoms with E-state index < -0.39 is 5.97 Å². The molecule has 0 unspecified atom stereocenters. The topological polar surface area (TPSA) is 66.8 Å². The first-order chi connectivity index (χ1) is 10.6. The van der Waals surface area contributed by atoms with Gasteiger partial charge in [0.1, 0.15) is 12.4 Å². The molecule has 0 radical (unpaired) electrons. The molecule has 0 saturated carbocycles. The van der Waals surface area contributed by atoms with Crippen LogP contribution in [0.5, 0.6) is 5.75 Å². The lowest BCUT2D eigenvalue weighted by molar-refractivity contribution is -0.136. The van der Waals surface area contributed by atoms with Crippen molar-refractivity contribution in [3.8, 4) is 5.75 Å². The summed E-state index contributed by atoms with van der Waals surface area (Å²) < 4.78 is 5.85. The second-order valence-corrected chi connectivity index (χ2v) is 5.23. The molecule has 0 saturated heterocycles. The molecule has 0 fully saturated rings. The zero-order valence-electron chi connectivity index (χ0n) is 12.6. The fraction of sp³-hybridized carbons (Fsp3) is 0.278. The summed E-state index contributed by atoms with van der Waals surface area (Å²) in [6, 6.07) is 13.6. The number of carboxylic acids is 1. The smallest absolute Gasteiger partial charge is 0.303 e. The first-order valence-electron chi connectivity index (χ1n) is 7.22. The van der Waals surface area contributed by atoms with E-state index in [2.05, 4.69) is 0 Å². The number of ether oxygens (including phenoxy) is 1. The van der Waals surface area contributed by atoms with Crippen LogP contribution in [0.4, 0.5) is 0 Å². The normalized spacial score (nSPS) is 10.5. The highest BCUT2D eigenvalue weighted by Gasteiger charge is 2.10. The Hall–Kier alpha value is -2.33. The Labute approximate surface area is 130 Å². The fourth-order valence-electron chi connectivity index (χ4n) is 2.38. The number of aryl methyl sites for hydroxylation is 2. The van der Waals surface area contributed by atoms with Crippen molar-refractivity contribution in [1.29, 1.82) is 0 Å². The second-order valence-electron chi connectivity index (χ2n) is 5.23. The summed E-state index contributed by atoms with van der Waals surface area (Å²) >= 11 is 0. The van der Waals surface area contributed by atoms with Crippen molar-refractivity contribution in [2.24, 2.45) is 0 Å². The molecule has 2 N–H and O–H groups in total. The van der Waals surface area contributed by atoms with Crippen molar-refractivity contribution in [3.63, 3.8) is 0 Å². The van der Waals surface area contributed by atoms with Gasteiger partial charge in [0.15, 0.2) is 0 Å². The van der Waals surface area contributed by atoms with Gasteiger partial charge in [-0.25, -0.2) is 0 Å². The van der Waals surface area contributed by atoms with E-state index in [4.69, 9.17) is 9.84 Å². The van der Waals surface area contributed by atoms with E-state index in [0.717, 1.165) is 16.7 Å². The number of aliphatic hydroxyl groups excluding tert-OH is 1. The maximum Gasteiger partial charge on any atom is 0.303 e. The molecule has 2 rings (SSSR count). The molecule has 0 aliphatic carbocycles. The Morgan fingerprint density at radius 1 is 1.14 bits per heavy atom. The number of aliphatic carboxylic acids is 1. The zero-order chi connectivity index (χ0) is 15.9. The van der Waals surface area contributed by atoms with Gasteiger partial charge in [-0.2, -0.15) is 0 Å². The van der Waals surface area contributed by atoms with Crippen LogP contribution >= 0.6 is 0 Å². The van der Waals surface area contributed by atoms with Crippen LogP contribution in [-0.2, 0) is 24.4 Å². The average Bonchev–Trinajstić information content (AvgIpc) is 2.52. The van der Waals surface area contributed by atoms with Gasteiger partial charge in [-0.05, 0) is 36.1 Å². The molecule has 22 heavy (non-hydrogen) atoms. The Morgan fingerprint density at radius 3 is 2.50 bits per heavy atom. The number of benzene rings is 2. The minimum atomic E-state index is -0.826. The molecule has 0 aliphatic heterocycles. The van der Waals surface area contributed by atoms with Gasteiger partial charge in [0.2, 0.25) is 0 Å². The zero-order valence-corrected chi connectivity index (χ0v) is 12.6. The molecule has 0 heterocycles. The third-order valence-corrected chi connectivity index (χ3v) is 3.44. The van der Waals surface area contributed by atoms with E-state index in [1.165, 1.54) is 0 Å². The van der Waals surface area contributed by atoms with Gasteiger partial charge < -0.3 is 14.9 Å². The summed E-state index contributed by atoms with van der Waals surface area (Å²) in [7, 11) is 0. The SMILES string of the molecule is Cc1cc(CCC(=O)O)cc(CO)c1OCc1ccccc1. The first-order valence-corrected chi connectivity index (χ1v) is 7.22. The average molecular weight is 300 g/mol. The van der Waals surface area contributed by atoms with Crippen molar-refractivity contribution < 1.29 is 19.7 Å². The van der Waals surface area contributed by atoms with Crippen LogP contribution in [0.15, 0.2) is 42.5 Å². The molecule has 0 aromatic heterocycles. The van der Waals surface area contributed by atoms with Crippen LogP contribution in [-0.4, -0.2) is 16.2 Å². The molecule has 4 heteroatoms. The Morgan fingerprint density at radius 2 is 1.86 bits per heavy atom. The monoisotopic (exact) mass is 300 g/mol. The highest BCUT2D eigenvalue weighted by Crippen LogP contribution is 2.27. The first kappa shape index (κ1) is 16.0. The Kier molecular flexibility index (Phi) is 5.55. The number of aliphatic hydroxyl groups is 1. The van der Waals surface area contributed by atoms with Gasteiger partial charge in [-0.1, -0.05) is 36.4 Å². The van der Waals surface area contributed by atoms with Crippen LogP contribution in [0.1, 0.15) is 28.7 Å². The third-order valence-electron chi connectivity index (χ3n) is 3.44. The van der Waals surface area contributed by atoms with Crippen molar-refractivity contribution in [2.45, 2.75) is 33.0 Å². The maximum atomic E-state index is 10.7. The summed E-state index contributed by atoms with van der Waals surface area (Å²) in [5, 5.41) is 18.3. The van der Waals surface area contributed by atoms with Gasteiger partial charge >= 0.3 is 5.97 Å². The Bertz CT molecular complexity index is 635. The van der Waals surface area contributed by atoms with Crippen LogP contribution in [0.3, 0.4) is 0 Å². The molecule has 0 aliphatic rings. The maximum absolute atomic E-state index is 10.7. The van der Waals surface area contributed by atoms with Crippen molar-refractivity contribution in [1.82, 2.24) is 0 Å². The van der Waals surface area contributed by atoms with E-state index >= 15 is 0 Å². The summed E-state index contributed by atoms with van der Waals surface area (Å²) in [5.41, 5.74) is 3.55. The summed E-state index contributed by atoms with van der Waals surface area (Å²) in [4.78, 5) is 10.7. The molecule has 0 atom stereocenters. The Balaban J connectivity index is 2.14. The van der Waals surface area contributed by atoms with E-state index in [1.807, 2.05) is 49.4 Å². The van der Waals surface area contributed by atoms with Crippen molar-refractivity contribution >= 4 is 5.97 Å². The van der Waals surface area contributed by atoms with Crippen molar-refractivity contribution in [2.75, 3.05) is 0 Å². The lowest BCUT2D eigenvalue weighted by atomic mass is 10.0. The standard InChI is InChI=1S/C18H20O4/c1-13-9-15(7-8-17(20)21)10-16(11-19)18(13)22-12-14-5-3-2-4-6-14/h2-6,9-10,19H,7-8,11-12H2,1H3,(H,20,21). The fourth-order valence-corrected chi connectivity index (χ4v) is 2.38. The molecular weight excluding hydrogens is 280 g/mol. The predicted octanol–water partition coefficient (Wildman–Crippen LogP) is 3.08. The summed E-state index contributed by atoms with van der Waals surface area (Å²) in [6.45, 7) is 2.21. The molecule has 4 nitrogen and oxygen atoms in total. The highest BCUT2D eigenvalue weighted by atomic mass is 16.5. The van der Waals surface area contributed by atoms with E-state index in [1.54, 1.807) is 0 Å². The van der Waals surface area contributed by atoms with Gasteiger partial charge in [-0.3, -0.25) is 4.79 Å². The van der Waals surface area contributed by atoms with Crippen LogP contribution in [0.2, 0.25) is 0 Å². The van der Waals surface area contributed by atoms with Gasteiger partial charge in [0.25, 0.3) is 0 Å². The lowest BCUT2D eigenvalue weighted by Crippen LogP contribution is -2.03. The molecule has 0 amide bonds. The van der Waals surface area contributed by atoms with Crippen LogP contribution < -0.4 is 4.74 Å². The number of carbonyl (C=O) groups is 1. The highest BCUT2D eigenvalue weighted by molar-refractivity contribution is 5.67. The van der Waals surface area contributed by atoms with Gasteiger partial charge in [0.05, 0.1) is 6.61 Å². The molecule has 0 spiro atoms. The molecule has 2 aromatic rings. The number of hydrogen-bond acceptors (Lipinski definition) is 3. The van der Waals surface area contributed by atoms with Crippen LogP contribution in [0.25, 0.3) is 0 Å². The quantitative estimate of drug-likeness (QED) is 0.824. The van der Waals surface area contributed by atoms with Gasteiger partial charge in [-0.15, -0.1) is 0 Å². The summed E-state index contributed by atoms with van der Waals surface area (Å²) in [5.74, 6) is -0.155. The van der Waals surface area contributed by atoms with E-state index in [0.29, 0.717) is 24.3 Å². The number of carboxylic acid groups (broad SMARTS) is 1. The van der Waals surface area contributed by atoms with E-state index in [9.17, 15) is 9.90 Å². The minimum Gasteiger partial charge on any atom is -0.488 e. The molecule has 116 valence electrons. The van der Waals surface area contributed by atoms with E-state index in [-0.39, 0.29) is 13.0 Å². The number of hydrogen-bond donors (Lipinski definition) is 2. The summed E-state index contributed by atoms with van der Waals surface area (Å²) in [6.07, 6.45) is 0.524. The van der Waals surface area contributed by atoms with Crippen LogP contribution in [0, 0.1) is 6.92 Å². The lowest BCUT2D eigenvalue weighted by Gasteiger charge is -2.15. The molecule has 0 bridgehead atoms. The number of rotatable bonds is 7.